The van der Waals surface area contributed by atoms with Crippen LogP contribution in [0.5, 0.6) is 5.75 Å². The van der Waals surface area contributed by atoms with E-state index in [2.05, 4.69) is 5.43 Å². The van der Waals surface area contributed by atoms with Crippen molar-refractivity contribution in [2.24, 2.45) is 0 Å². The molecule has 0 aliphatic heterocycles. The van der Waals surface area contributed by atoms with E-state index in [1.807, 2.05) is 24.3 Å². The molecule has 0 aliphatic carbocycles. The fourth-order valence-electron chi connectivity index (χ4n) is 2.38. The van der Waals surface area contributed by atoms with Gasteiger partial charge in [0.1, 0.15) is 5.75 Å². The number of ether oxygens (including phenoxy) is 1. The van der Waals surface area contributed by atoms with Crippen LogP contribution in [0.15, 0.2) is 41.3 Å². The summed E-state index contributed by atoms with van der Waals surface area (Å²) in [6.45, 7) is 3.67. The number of pyridine rings is 1. The molecule has 6 heteroatoms. The number of hydrogen-bond acceptors (Lipinski definition) is 4. The monoisotopic (exact) mass is 316 g/mol. The first-order valence-corrected chi connectivity index (χ1v) is 7.25. The number of hydrogen-bond donors (Lipinski definition) is 2. The highest BCUT2D eigenvalue weighted by Gasteiger charge is 2.20. The molecular formula is C17H20N2O4. The highest BCUT2D eigenvalue weighted by molar-refractivity contribution is 5.75. The lowest BCUT2D eigenvalue weighted by molar-refractivity contribution is -0.138. The van der Waals surface area contributed by atoms with Gasteiger partial charge < -0.3 is 15.3 Å². The van der Waals surface area contributed by atoms with Crippen molar-refractivity contribution in [3.63, 3.8) is 0 Å². The molecule has 1 heterocycles. The number of methoxy groups -OCH3 is 1. The number of carboxylic acids is 1. The summed E-state index contributed by atoms with van der Waals surface area (Å²) < 4.78 is 6.48. The van der Waals surface area contributed by atoms with Gasteiger partial charge in [-0.2, -0.15) is 0 Å². The molecule has 0 saturated heterocycles. The average molecular weight is 316 g/mol. The van der Waals surface area contributed by atoms with Crippen LogP contribution >= 0.6 is 0 Å². The van der Waals surface area contributed by atoms with Crippen LogP contribution in [0.25, 0.3) is 0 Å². The van der Waals surface area contributed by atoms with Gasteiger partial charge in [0.05, 0.1) is 19.6 Å². The van der Waals surface area contributed by atoms with E-state index in [9.17, 15) is 9.59 Å². The van der Waals surface area contributed by atoms with E-state index in [1.165, 1.54) is 11.6 Å². The van der Waals surface area contributed by atoms with Gasteiger partial charge in [0.2, 0.25) is 0 Å². The van der Waals surface area contributed by atoms with E-state index in [4.69, 9.17) is 9.84 Å². The van der Waals surface area contributed by atoms with Crippen molar-refractivity contribution in [1.82, 2.24) is 4.68 Å². The van der Waals surface area contributed by atoms with Crippen molar-refractivity contribution >= 4 is 5.97 Å². The van der Waals surface area contributed by atoms with Crippen molar-refractivity contribution in [2.75, 3.05) is 12.5 Å². The molecule has 2 N–H and O–H groups in total. The third kappa shape index (κ3) is 3.71. The van der Waals surface area contributed by atoms with Gasteiger partial charge in [0.15, 0.2) is 0 Å². The third-order valence-corrected chi connectivity index (χ3v) is 3.74. The average Bonchev–Trinajstić information content (AvgIpc) is 2.54. The van der Waals surface area contributed by atoms with Crippen LogP contribution in [-0.2, 0) is 11.3 Å². The lowest BCUT2D eigenvalue weighted by Crippen LogP contribution is -2.33. The third-order valence-electron chi connectivity index (χ3n) is 3.74. The van der Waals surface area contributed by atoms with E-state index in [-0.39, 0.29) is 11.1 Å². The van der Waals surface area contributed by atoms with E-state index in [0.717, 1.165) is 11.3 Å². The Bertz CT molecular complexity index is 767. The summed E-state index contributed by atoms with van der Waals surface area (Å²) in [5.74, 6) is -1.13. The fourth-order valence-corrected chi connectivity index (χ4v) is 2.38. The summed E-state index contributed by atoms with van der Waals surface area (Å²) in [7, 11) is 1.59. The first kappa shape index (κ1) is 16.6. The van der Waals surface area contributed by atoms with Gasteiger partial charge in [-0.15, -0.1) is 0 Å². The zero-order chi connectivity index (χ0) is 17.0. The highest BCUT2D eigenvalue weighted by atomic mass is 16.5. The molecule has 2 aromatic rings. The van der Waals surface area contributed by atoms with Gasteiger partial charge >= 0.3 is 5.97 Å². The molecular weight excluding hydrogens is 296 g/mol. The van der Waals surface area contributed by atoms with E-state index < -0.39 is 11.9 Å². The lowest BCUT2D eigenvalue weighted by atomic mass is 9.99. The molecule has 0 bridgehead atoms. The second-order valence-electron chi connectivity index (χ2n) is 5.33. The molecule has 0 fully saturated rings. The lowest BCUT2D eigenvalue weighted by Gasteiger charge is -2.15. The Balaban J connectivity index is 2.25. The first-order chi connectivity index (χ1) is 10.9. The number of carboxylic acid groups (broad SMARTS) is 1. The predicted molar refractivity (Wildman–Crippen MR) is 87.5 cm³/mol. The topological polar surface area (TPSA) is 80.6 Å². The Hall–Kier alpha value is -2.76. The van der Waals surface area contributed by atoms with Crippen LogP contribution in [0, 0.1) is 6.92 Å². The van der Waals surface area contributed by atoms with Gasteiger partial charge in [0, 0.05) is 11.8 Å². The minimum Gasteiger partial charge on any atom is -0.497 e. The van der Waals surface area contributed by atoms with Gasteiger partial charge in [-0.3, -0.25) is 9.59 Å². The molecule has 1 aromatic carbocycles. The molecule has 1 aromatic heterocycles. The zero-order valence-corrected chi connectivity index (χ0v) is 13.4. The summed E-state index contributed by atoms with van der Waals surface area (Å²) in [4.78, 5) is 23.7. The van der Waals surface area contributed by atoms with Crippen molar-refractivity contribution in [3.05, 3.63) is 63.6 Å². The van der Waals surface area contributed by atoms with E-state index >= 15 is 0 Å². The molecule has 0 radical (unpaired) electrons. The summed E-state index contributed by atoms with van der Waals surface area (Å²) >= 11 is 0. The maximum atomic E-state index is 12.5. The van der Waals surface area contributed by atoms with Crippen LogP contribution in [0.4, 0.5) is 0 Å². The van der Waals surface area contributed by atoms with E-state index in [1.54, 1.807) is 26.3 Å². The molecule has 0 spiro atoms. The Labute approximate surface area is 134 Å². The summed E-state index contributed by atoms with van der Waals surface area (Å²) in [5, 5.41) is 9.16. The smallest absolute Gasteiger partial charge is 0.310 e. The summed E-state index contributed by atoms with van der Waals surface area (Å²) in [5.41, 5.74) is 4.56. The van der Waals surface area contributed by atoms with Crippen LogP contribution < -0.4 is 15.7 Å². The SMILES string of the molecule is COc1cccc(CNn2ccc(C)c(C(C)C(=O)O)c2=O)c1. The summed E-state index contributed by atoms with van der Waals surface area (Å²) in [6, 6.07) is 9.22. The van der Waals surface area contributed by atoms with Gasteiger partial charge in [-0.05, 0) is 43.2 Å². The standard InChI is InChI=1S/C17H20N2O4/c1-11-7-8-19(16(20)15(11)12(2)17(21)22)18-10-13-5-4-6-14(9-13)23-3/h4-9,12,18H,10H2,1-3H3,(H,21,22). The molecule has 0 saturated carbocycles. The number of benzene rings is 1. The van der Waals surface area contributed by atoms with Crippen LogP contribution in [-0.4, -0.2) is 22.9 Å². The molecule has 1 atom stereocenters. The first-order valence-electron chi connectivity index (χ1n) is 7.25. The Morgan fingerprint density at radius 1 is 1.39 bits per heavy atom. The number of nitrogens with one attached hydrogen (secondary N) is 1. The summed E-state index contributed by atoms with van der Waals surface area (Å²) in [6.07, 6.45) is 1.61. The zero-order valence-electron chi connectivity index (χ0n) is 13.4. The molecule has 122 valence electrons. The molecule has 0 aliphatic rings. The minimum absolute atomic E-state index is 0.290. The fraction of sp³-hybridized carbons (Fsp3) is 0.294. The maximum absolute atomic E-state index is 12.5. The normalized spacial score (nSPS) is 11.8. The Morgan fingerprint density at radius 2 is 2.13 bits per heavy atom. The number of nitrogens with zero attached hydrogens (tertiary/aromatic N) is 1. The number of aromatic nitrogens is 1. The largest absolute Gasteiger partial charge is 0.497 e. The van der Waals surface area contributed by atoms with Crippen LogP contribution in [0.3, 0.4) is 0 Å². The number of rotatable bonds is 6. The van der Waals surface area contributed by atoms with Crippen molar-refractivity contribution in [2.45, 2.75) is 26.3 Å². The number of aryl methyl sites for hydroxylation is 1. The highest BCUT2D eigenvalue weighted by Crippen LogP contribution is 2.15. The maximum Gasteiger partial charge on any atom is 0.310 e. The minimum atomic E-state index is -1.02. The molecule has 23 heavy (non-hydrogen) atoms. The Kier molecular flexibility index (Phi) is 5.05. The van der Waals surface area contributed by atoms with Gasteiger partial charge in [-0.1, -0.05) is 12.1 Å². The molecule has 1 unspecified atom stereocenters. The number of carbonyl (C=O) groups is 1. The molecule has 2 rings (SSSR count). The quantitative estimate of drug-likeness (QED) is 0.853. The second-order valence-corrected chi connectivity index (χ2v) is 5.33. The second kappa shape index (κ2) is 7.00. The molecule has 0 amide bonds. The predicted octanol–water partition coefficient (Wildman–Crippen LogP) is 2.10. The van der Waals surface area contributed by atoms with Crippen LogP contribution in [0.2, 0.25) is 0 Å². The van der Waals surface area contributed by atoms with Gasteiger partial charge in [0.25, 0.3) is 5.56 Å². The van der Waals surface area contributed by atoms with Gasteiger partial charge in [-0.25, -0.2) is 4.68 Å². The van der Waals surface area contributed by atoms with E-state index in [0.29, 0.717) is 12.1 Å². The Morgan fingerprint density at radius 3 is 2.78 bits per heavy atom. The van der Waals surface area contributed by atoms with Crippen molar-refractivity contribution in [1.29, 1.82) is 0 Å². The van der Waals surface area contributed by atoms with Crippen molar-refractivity contribution < 1.29 is 14.6 Å². The number of aliphatic carboxylic acids is 1. The molecule has 6 nitrogen and oxygen atoms in total. The van der Waals surface area contributed by atoms with Crippen LogP contribution in [0.1, 0.15) is 29.5 Å². The van der Waals surface area contributed by atoms with Crippen molar-refractivity contribution in [3.8, 4) is 5.75 Å².